The first-order valence-corrected chi connectivity index (χ1v) is 3.63. The van der Waals surface area contributed by atoms with Gasteiger partial charge in [-0.1, -0.05) is 12.1 Å². The molecule has 2 rings (SSSR count). The molecule has 0 aliphatic carbocycles. The summed E-state index contributed by atoms with van der Waals surface area (Å²) in [5.74, 6) is -0.870. The number of aliphatic hydroxyl groups excluding tert-OH is 1. The summed E-state index contributed by atoms with van der Waals surface area (Å²) in [4.78, 5) is 10.7. The van der Waals surface area contributed by atoms with Gasteiger partial charge < -0.3 is 9.84 Å². The zero-order valence-electron chi connectivity index (χ0n) is 6.45. The van der Waals surface area contributed by atoms with Gasteiger partial charge >= 0.3 is 6.09 Å². The Hall–Kier alpha value is -1.62. The van der Waals surface area contributed by atoms with Crippen LogP contribution in [0.25, 0.3) is 0 Å². The minimum atomic E-state index is -1.20. The number of halogens is 1. The van der Waals surface area contributed by atoms with Crippen LogP contribution >= 0.6 is 0 Å². The molecule has 1 aliphatic rings. The lowest BCUT2D eigenvalue weighted by atomic mass is 10.1. The van der Waals surface area contributed by atoms with Crippen molar-refractivity contribution in [3.63, 3.8) is 0 Å². The van der Waals surface area contributed by atoms with E-state index in [-0.39, 0.29) is 11.3 Å². The van der Waals surface area contributed by atoms with Gasteiger partial charge in [0, 0.05) is 5.56 Å². The molecule has 1 atom stereocenters. The van der Waals surface area contributed by atoms with Crippen LogP contribution in [0.15, 0.2) is 18.2 Å². The smallest absolute Gasteiger partial charge is 0.407 e. The number of para-hydroxylation sites is 1. The zero-order chi connectivity index (χ0) is 9.42. The molecule has 68 valence electrons. The van der Waals surface area contributed by atoms with E-state index in [1.54, 1.807) is 0 Å². The number of rotatable bonds is 0. The molecule has 2 N–H and O–H groups in total. The summed E-state index contributed by atoms with van der Waals surface area (Å²) < 4.78 is 17.5. The Labute approximate surface area is 72.9 Å². The highest BCUT2D eigenvalue weighted by molar-refractivity contribution is 5.73. The topological polar surface area (TPSA) is 58.6 Å². The van der Waals surface area contributed by atoms with E-state index in [4.69, 9.17) is 0 Å². The van der Waals surface area contributed by atoms with Crippen molar-refractivity contribution in [1.82, 2.24) is 5.32 Å². The molecule has 1 heterocycles. The summed E-state index contributed by atoms with van der Waals surface area (Å²) in [5, 5.41) is 11.4. The molecule has 1 aliphatic heterocycles. The van der Waals surface area contributed by atoms with Gasteiger partial charge in [0.05, 0.1) is 0 Å². The summed E-state index contributed by atoms with van der Waals surface area (Å²) >= 11 is 0. The molecule has 0 radical (unpaired) electrons. The molecule has 0 bridgehead atoms. The highest BCUT2D eigenvalue weighted by atomic mass is 19.1. The van der Waals surface area contributed by atoms with Crippen molar-refractivity contribution in [3.8, 4) is 5.75 Å². The summed E-state index contributed by atoms with van der Waals surface area (Å²) in [6.45, 7) is 0. The van der Waals surface area contributed by atoms with E-state index in [0.29, 0.717) is 0 Å². The Balaban J connectivity index is 2.54. The van der Waals surface area contributed by atoms with Crippen LogP contribution < -0.4 is 10.1 Å². The van der Waals surface area contributed by atoms with E-state index in [2.05, 4.69) is 10.1 Å². The summed E-state index contributed by atoms with van der Waals surface area (Å²) in [5.41, 5.74) is 0.222. The molecule has 0 saturated carbocycles. The van der Waals surface area contributed by atoms with Gasteiger partial charge in [-0.05, 0) is 6.07 Å². The standard InChI is InChI=1S/C8H6FNO3/c9-5-3-1-2-4-6(5)13-8(12)10-7(4)11/h1-3,7,11H,(H,10,12). The molecular formula is C8H6FNO3. The number of fused-ring (bicyclic) bond motifs is 1. The quantitative estimate of drug-likeness (QED) is 0.628. The van der Waals surface area contributed by atoms with Crippen molar-refractivity contribution < 1.29 is 19.0 Å². The van der Waals surface area contributed by atoms with Crippen LogP contribution in [0.5, 0.6) is 5.75 Å². The first-order valence-electron chi connectivity index (χ1n) is 3.63. The van der Waals surface area contributed by atoms with E-state index >= 15 is 0 Å². The SMILES string of the molecule is O=C1NC(O)c2cccc(F)c2O1. The second-order valence-corrected chi connectivity index (χ2v) is 2.59. The molecular weight excluding hydrogens is 177 g/mol. The number of hydrogen-bond donors (Lipinski definition) is 2. The van der Waals surface area contributed by atoms with Crippen LogP contribution in [0.4, 0.5) is 9.18 Å². The van der Waals surface area contributed by atoms with Crippen molar-refractivity contribution in [3.05, 3.63) is 29.6 Å². The minimum Gasteiger partial charge on any atom is -0.407 e. The van der Waals surface area contributed by atoms with E-state index in [0.717, 1.165) is 6.07 Å². The summed E-state index contributed by atoms with van der Waals surface area (Å²) in [7, 11) is 0. The van der Waals surface area contributed by atoms with Crippen LogP contribution in [0.2, 0.25) is 0 Å². The Morgan fingerprint density at radius 1 is 1.54 bits per heavy atom. The van der Waals surface area contributed by atoms with E-state index in [1.165, 1.54) is 12.1 Å². The van der Waals surface area contributed by atoms with Crippen LogP contribution in [-0.2, 0) is 0 Å². The lowest BCUT2D eigenvalue weighted by molar-refractivity contribution is 0.107. The van der Waals surface area contributed by atoms with Crippen LogP contribution in [0.3, 0.4) is 0 Å². The van der Waals surface area contributed by atoms with Crippen LogP contribution in [-0.4, -0.2) is 11.2 Å². The van der Waals surface area contributed by atoms with Crippen molar-refractivity contribution in [1.29, 1.82) is 0 Å². The lowest BCUT2D eigenvalue weighted by Gasteiger charge is -2.21. The fraction of sp³-hybridized carbons (Fsp3) is 0.125. The Kier molecular flexibility index (Phi) is 1.66. The van der Waals surface area contributed by atoms with Gasteiger partial charge in [0.1, 0.15) is 0 Å². The summed E-state index contributed by atoms with van der Waals surface area (Å²) in [6.07, 6.45) is -2.06. The van der Waals surface area contributed by atoms with Gasteiger partial charge in [-0.15, -0.1) is 0 Å². The van der Waals surface area contributed by atoms with Crippen LogP contribution in [0.1, 0.15) is 11.8 Å². The monoisotopic (exact) mass is 183 g/mol. The fourth-order valence-electron chi connectivity index (χ4n) is 1.16. The first kappa shape index (κ1) is 8.00. The Bertz CT molecular complexity index is 366. The van der Waals surface area contributed by atoms with E-state index in [9.17, 15) is 14.3 Å². The Morgan fingerprint density at radius 2 is 2.31 bits per heavy atom. The first-order chi connectivity index (χ1) is 6.18. The van der Waals surface area contributed by atoms with E-state index in [1.807, 2.05) is 0 Å². The van der Waals surface area contributed by atoms with Crippen molar-refractivity contribution in [2.45, 2.75) is 6.23 Å². The van der Waals surface area contributed by atoms with Gasteiger partial charge in [-0.3, -0.25) is 5.32 Å². The van der Waals surface area contributed by atoms with Gasteiger partial charge in [-0.2, -0.15) is 0 Å². The molecule has 0 spiro atoms. The number of amides is 1. The third-order valence-corrected chi connectivity index (χ3v) is 1.74. The average Bonchev–Trinajstić information content (AvgIpc) is 2.07. The van der Waals surface area contributed by atoms with Crippen molar-refractivity contribution in [2.24, 2.45) is 0 Å². The maximum Gasteiger partial charge on any atom is 0.415 e. The fourth-order valence-corrected chi connectivity index (χ4v) is 1.16. The third kappa shape index (κ3) is 1.23. The number of aliphatic hydroxyl groups is 1. The molecule has 5 heteroatoms. The lowest BCUT2D eigenvalue weighted by Crippen LogP contribution is -2.36. The summed E-state index contributed by atoms with van der Waals surface area (Å²) in [6, 6.07) is 4.06. The van der Waals surface area contributed by atoms with Crippen molar-refractivity contribution in [2.75, 3.05) is 0 Å². The number of hydrogen-bond acceptors (Lipinski definition) is 3. The number of carbonyl (C=O) groups excluding carboxylic acids is 1. The molecule has 0 aromatic heterocycles. The molecule has 13 heavy (non-hydrogen) atoms. The molecule has 4 nitrogen and oxygen atoms in total. The average molecular weight is 183 g/mol. The van der Waals surface area contributed by atoms with Gasteiger partial charge in [0.15, 0.2) is 17.8 Å². The number of nitrogens with one attached hydrogen (secondary N) is 1. The maximum absolute atomic E-state index is 13.0. The molecule has 1 aromatic carbocycles. The zero-order valence-corrected chi connectivity index (χ0v) is 6.45. The van der Waals surface area contributed by atoms with E-state index < -0.39 is 18.1 Å². The highest BCUT2D eigenvalue weighted by Gasteiger charge is 2.26. The predicted molar refractivity (Wildman–Crippen MR) is 40.5 cm³/mol. The number of carbonyl (C=O) groups is 1. The molecule has 0 fully saturated rings. The normalized spacial score (nSPS) is 20.2. The second kappa shape index (κ2) is 2.70. The van der Waals surface area contributed by atoms with Crippen LogP contribution in [0, 0.1) is 5.82 Å². The number of ether oxygens (including phenoxy) is 1. The van der Waals surface area contributed by atoms with Gasteiger partial charge in [-0.25, -0.2) is 9.18 Å². The second-order valence-electron chi connectivity index (χ2n) is 2.59. The molecule has 0 saturated heterocycles. The molecule has 1 aromatic rings. The largest absolute Gasteiger partial charge is 0.415 e. The maximum atomic E-state index is 13.0. The predicted octanol–water partition coefficient (Wildman–Crippen LogP) is 0.919. The van der Waals surface area contributed by atoms with Crippen molar-refractivity contribution >= 4 is 6.09 Å². The third-order valence-electron chi connectivity index (χ3n) is 1.74. The highest BCUT2D eigenvalue weighted by Crippen LogP contribution is 2.29. The minimum absolute atomic E-state index is 0.209. The molecule has 1 amide bonds. The number of benzene rings is 1. The Morgan fingerprint density at radius 3 is 3.08 bits per heavy atom. The molecule has 1 unspecified atom stereocenters. The van der Waals surface area contributed by atoms with Gasteiger partial charge in [0.25, 0.3) is 0 Å². The van der Waals surface area contributed by atoms with Gasteiger partial charge in [0.2, 0.25) is 0 Å².